The maximum Gasteiger partial charge on any atom is 0.269 e. The molecule has 0 atom stereocenters. The monoisotopic (exact) mass is 363 g/mol. The molecule has 0 spiro atoms. The summed E-state index contributed by atoms with van der Waals surface area (Å²) >= 11 is 5.41. The van der Waals surface area contributed by atoms with Crippen LogP contribution < -0.4 is 5.73 Å². The molecule has 0 aliphatic heterocycles. The molecule has 0 bridgehead atoms. The number of carbonyl (C=O) groups excluding carboxylic acids is 1. The summed E-state index contributed by atoms with van der Waals surface area (Å²) in [5, 5.41) is 9.48. The summed E-state index contributed by atoms with van der Waals surface area (Å²) in [5.41, 5.74) is 7.84. The summed E-state index contributed by atoms with van der Waals surface area (Å²) in [6.07, 6.45) is 0. The minimum Gasteiger partial charge on any atom is -0.508 e. The largest absolute Gasteiger partial charge is 0.508 e. The van der Waals surface area contributed by atoms with Crippen molar-refractivity contribution in [2.45, 2.75) is 0 Å². The molecule has 2 aromatic heterocycles. The Balaban J connectivity index is 2.06. The molecule has 4 aromatic rings. The second-order valence-electron chi connectivity index (χ2n) is 5.61. The Labute approximate surface area is 152 Å². The molecular formula is C18H13N5O2S. The number of amides is 1. The third-order valence-electron chi connectivity index (χ3n) is 3.91. The molecule has 0 aliphatic carbocycles. The smallest absolute Gasteiger partial charge is 0.269 e. The molecule has 0 saturated heterocycles. The van der Waals surface area contributed by atoms with Crippen molar-refractivity contribution in [2.75, 3.05) is 0 Å². The summed E-state index contributed by atoms with van der Waals surface area (Å²) in [7, 11) is 0. The molecule has 1 amide bonds. The van der Waals surface area contributed by atoms with Gasteiger partial charge in [-0.1, -0.05) is 18.2 Å². The van der Waals surface area contributed by atoms with Gasteiger partial charge < -0.3 is 15.8 Å². The number of rotatable bonds is 3. The Bertz CT molecular complexity index is 1180. The number of aromatic hydroxyl groups is 1. The third kappa shape index (κ3) is 2.62. The van der Waals surface area contributed by atoms with E-state index in [1.807, 2.05) is 30.3 Å². The van der Waals surface area contributed by atoms with E-state index in [1.54, 1.807) is 16.7 Å². The summed E-state index contributed by atoms with van der Waals surface area (Å²) in [6, 6.07) is 15.8. The van der Waals surface area contributed by atoms with Crippen molar-refractivity contribution in [3.63, 3.8) is 0 Å². The number of imidazole rings is 1. The molecule has 7 nitrogen and oxygen atoms in total. The summed E-state index contributed by atoms with van der Waals surface area (Å²) in [5.74, 6) is -0.252. The number of hydrogen-bond acceptors (Lipinski definition) is 5. The van der Waals surface area contributed by atoms with E-state index < -0.39 is 5.91 Å². The van der Waals surface area contributed by atoms with Crippen LogP contribution in [0.2, 0.25) is 0 Å². The first kappa shape index (κ1) is 16.0. The highest BCUT2D eigenvalue weighted by molar-refractivity contribution is 7.71. The van der Waals surface area contributed by atoms with Crippen molar-refractivity contribution in [1.29, 1.82) is 0 Å². The lowest BCUT2D eigenvalue weighted by molar-refractivity contribution is 0.0997. The van der Waals surface area contributed by atoms with Gasteiger partial charge in [-0.2, -0.15) is 0 Å². The fraction of sp³-hybridized carbons (Fsp3) is 0. The van der Waals surface area contributed by atoms with Crippen LogP contribution in [0.5, 0.6) is 5.75 Å². The van der Waals surface area contributed by atoms with Crippen LogP contribution in [0.15, 0.2) is 54.6 Å². The maximum absolute atomic E-state index is 11.9. The quantitative estimate of drug-likeness (QED) is 0.485. The molecule has 8 heteroatoms. The number of phenolic OH excluding ortho intramolecular Hbond substituents is 1. The predicted octanol–water partition coefficient (Wildman–Crippen LogP) is 2.95. The first-order chi connectivity index (χ1) is 12.5. The number of nitrogens with one attached hydrogen (secondary N) is 1. The molecule has 128 valence electrons. The minimum atomic E-state index is -0.686. The lowest BCUT2D eigenvalue weighted by Gasteiger charge is -2.07. The molecule has 4 N–H and O–H groups in total. The van der Waals surface area contributed by atoms with E-state index in [9.17, 15) is 9.90 Å². The van der Waals surface area contributed by atoms with E-state index >= 15 is 0 Å². The van der Waals surface area contributed by atoms with Crippen LogP contribution in [-0.4, -0.2) is 30.5 Å². The van der Waals surface area contributed by atoms with Gasteiger partial charge in [-0.3, -0.25) is 9.36 Å². The van der Waals surface area contributed by atoms with E-state index in [0.29, 0.717) is 27.3 Å². The van der Waals surface area contributed by atoms with Crippen LogP contribution in [0, 0.1) is 4.77 Å². The fourth-order valence-corrected chi connectivity index (χ4v) is 3.01. The highest BCUT2D eigenvalue weighted by Crippen LogP contribution is 2.25. The first-order valence-corrected chi connectivity index (χ1v) is 8.13. The minimum absolute atomic E-state index is 0.0545. The first-order valence-electron chi connectivity index (χ1n) is 7.72. The van der Waals surface area contributed by atoms with E-state index in [0.717, 1.165) is 5.69 Å². The van der Waals surface area contributed by atoms with Gasteiger partial charge in [-0.25, -0.2) is 9.97 Å². The highest BCUT2D eigenvalue weighted by Gasteiger charge is 2.19. The van der Waals surface area contributed by atoms with E-state index in [2.05, 4.69) is 15.0 Å². The molecule has 0 radical (unpaired) electrons. The van der Waals surface area contributed by atoms with Crippen LogP contribution in [-0.2, 0) is 0 Å². The van der Waals surface area contributed by atoms with Crippen LogP contribution in [0.4, 0.5) is 0 Å². The number of hydrogen-bond donors (Lipinski definition) is 3. The fourth-order valence-electron chi connectivity index (χ4n) is 2.72. The lowest BCUT2D eigenvalue weighted by Crippen LogP contribution is -2.15. The average molecular weight is 363 g/mol. The van der Waals surface area contributed by atoms with Crippen molar-refractivity contribution >= 4 is 29.3 Å². The van der Waals surface area contributed by atoms with Gasteiger partial charge in [0.2, 0.25) is 0 Å². The zero-order valence-electron chi connectivity index (χ0n) is 13.4. The van der Waals surface area contributed by atoms with Gasteiger partial charge in [0, 0.05) is 11.3 Å². The summed E-state index contributed by atoms with van der Waals surface area (Å²) in [6.45, 7) is 0. The molecule has 0 unspecified atom stereocenters. The van der Waals surface area contributed by atoms with Gasteiger partial charge in [0.25, 0.3) is 5.91 Å². The highest BCUT2D eigenvalue weighted by atomic mass is 32.1. The number of fused-ring (bicyclic) bond motifs is 1. The number of phenols is 1. The Morgan fingerprint density at radius 3 is 2.42 bits per heavy atom. The SMILES string of the molecule is NC(=O)c1nc(-c2ccc(O)cc2)nc2c1[nH]c(=S)n2-c1ccccc1. The normalized spacial score (nSPS) is 10.9. The van der Waals surface area contributed by atoms with Crippen LogP contribution in [0.25, 0.3) is 28.2 Å². The molecule has 4 rings (SSSR count). The second-order valence-corrected chi connectivity index (χ2v) is 5.99. The number of aromatic amines is 1. The number of H-pyrrole nitrogens is 1. The predicted molar refractivity (Wildman–Crippen MR) is 99.7 cm³/mol. The number of benzene rings is 2. The van der Waals surface area contributed by atoms with Crippen molar-refractivity contribution in [1.82, 2.24) is 19.5 Å². The molecule has 2 aromatic carbocycles. The van der Waals surface area contributed by atoms with Crippen molar-refractivity contribution < 1.29 is 9.90 Å². The lowest BCUT2D eigenvalue weighted by atomic mass is 10.2. The average Bonchev–Trinajstić information content (AvgIpc) is 2.97. The van der Waals surface area contributed by atoms with Crippen molar-refractivity contribution in [2.24, 2.45) is 5.73 Å². The Kier molecular flexibility index (Phi) is 3.74. The van der Waals surface area contributed by atoms with Crippen molar-refractivity contribution in [3.05, 3.63) is 65.1 Å². The Hall–Kier alpha value is -3.52. The summed E-state index contributed by atoms with van der Waals surface area (Å²) < 4.78 is 2.11. The number of carbonyl (C=O) groups is 1. The third-order valence-corrected chi connectivity index (χ3v) is 4.19. The maximum atomic E-state index is 11.9. The Morgan fingerprint density at radius 1 is 1.08 bits per heavy atom. The van der Waals surface area contributed by atoms with Crippen LogP contribution >= 0.6 is 12.2 Å². The van der Waals surface area contributed by atoms with Gasteiger partial charge in [0.05, 0.1) is 0 Å². The number of nitrogens with zero attached hydrogens (tertiary/aromatic N) is 3. The second kappa shape index (κ2) is 6.08. The number of para-hydroxylation sites is 1. The molecule has 0 saturated carbocycles. The van der Waals surface area contributed by atoms with E-state index in [-0.39, 0.29) is 11.4 Å². The number of primary amides is 1. The summed E-state index contributed by atoms with van der Waals surface area (Å²) in [4.78, 5) is 23.8. The van der Waals surface area contributed by atoms with E-state index in [4.69, 9.17) is 18.0 Å². The molecule has 2 heterocycles. The van der Waals surface area contributed by atoms with Gasteiger partial charge in [-0.05, 0) is 48.6 Å². The van der Waals surface area contributed by atoms with Crippen LogP contribution in [0.3, 0.4) is 0 Å². The zero-order valence-corrected chi connectivity index (χ0v) is 14.2. The molecule has 26 heavy (non-hydrogen) atoms. The number of nitrogens with two attached hydrogens (primary N) is 1. The standard InChI is InChI=1S/C18H13N5O2S/c19-15(25)13-14-17(22-16(20-13)10-6-8-12(24)9-7-10)23(18(26)21-14)11-4-2-1-3-5-11/h1-9,24H,(H2,19,25)(H,21,26). The molecular weight excluding hydrogens is 350 g/mol. The van der Waals surface area contributed by atoms with Gasteiger partial charge >= 0.3 is 0 Å². The zero-order chi connectivity index (χ0) is 18.3. The van der Waals surface area contributed by atoms with Crippen LogP contribution in [0.1, 0.15) is 10.5 Å². The molecule has 0 fully saturated rings. The van der Waals surface area contributed by atoms with E-state index in [1.165, 1.54) is 12.1 Å². The van der Waals surface area contributed by atoms with Gasteiger partial charge in [0.15, 0.2) is 21.9 Å². The Morgan fingerprint density at radius 2 is 1.77 bits per heavy atom. The van der Waals surface area contributed by atoms with Crippen molar-refractivity contribution in [3.8, 4) is 22.8 Å². The van der Waals surface area contributed by atoms with Gasteiger partial charge in [0.1, 0.15) is 11.3 Å². The molecule has 0 aliphatic rings. The van der Waals surface area contributed by atoms with Gasteiger partial charge in [-0.15, -0.1) is 0 Å². The number of aromatic nitrogens is 4. The topological polar surface area (TPSA) is 110 Å².